The van der Waals surface area contributed by atoms with Gasteiger partial charge in [0.1, 0.15) is 5.75 Å². The molecule has 0 saturated carbocycles. The molecular weight excluding hydrogens is 340 g/mol. The summed E-state index contributed by atoms with van der Waals surface area (Å²) in [6.45, 7) is 1.90. The highest BCUT2D eigenvalue weighted by Crippen LogP contribution is 2.27. The van der Waals surface area contributed by atoms with E-state index in [4.69, 9.17) is 16.3 Å². The lowest BCUT2D eigenvalue weighted by Crippen LogP contribution is -2.36. The molecule has 6 heteroatoms. The molecule has 0 bridgehead atoms. The van der Waals surface area contributed by atoms with Gasteiger partial charge in [-0.3, -0.25) is 9.59 Å². The van der Waals surface area contributed by atoms with E-state index in [2.05, 4.69) is 5.32 Å². The van der Waals surface area contributed by atoms with Crippen LogP contribution in [-0.4, -0.2) is 37.4 Å². The summed E-state index contributed by atoms with van der Waals surface area (Å²) in [7, 11) is 3.12. The van der Waals surface area contributed by atoms with E-state index in [1.807, 2.05) is 31.2 Å². The number of carbonyl (C=O) groups is 2. The van der Waals surface area contributed by atoms with Crippen molar-refractivity contribution in [3.8, 4) is 5.75 Å². The van der Waals surface area contributed by atoms with E-state index in [1.165, 1.54) is 12.0 Å². The van der Waals surface area contributed by atoms with Crippen molar-refractivity contribution in [3.05, 3.63) is 58.6 Å². The van der Waals surface area contributed by atoms with Crippen LogP contribution in [0.3, 0.4) is 0 Å². The molecule has 0 unspecified atom stereocenters. The first-order valence-corrected chi connectivity index (χ1v) is 8.20. The Morgan fingerprint density at radius 2 is 1.92 bits per heavy atom. The third-order valence-corrected chi connectivity index (χ3v) is 4.08. The summed E-state index contributed by atoms with van der Waals surface area (Å²) in [5, 5.41) is 3.21. The maximum atomic E-state index is 12.3. The lowest BCUT2D eigenvalue weighted by atomic mass is 10.1. The Hall–Kier alpha value is -2.53. The molecule has 0 atom stereocenters. The number of hydrogen-bond acceptors (Lipinski definition) is 3. The van der Waals surface area contributed by atoms with Gasteiger partial charge >= 0.3 is 0 Å². The zero-order valence-corrected chi connectivity index (χ0v) is 15.3. The second-order valence-corrected chi connectivity index (χ2v) is 6.18. The normalized spacial score (nSPS) is 10.2. The second kappa shape index (κ2) is 8.53. The van der Waals surface area contributed by atoms with Crippen molar-refractivity contribution in [2.75, 3.05) is 26.0 Å². The zero-order valence-electron chi connectivity index (χ0n) is 14.5. The van der Waals surface area contributed by atoms with Gasteiger partial charge in [-0.15, -0.1) is 0 Å². The molecule has 0 spiro atoms. The SMILES string of the molecule is COc1ccc(Cl)cc1NC(=O)CN(C)C(=O)Cc1ccccc1C. The Labute approximate surface area is 152 Å². The maximum Gasteiger partial charge on any atom is 0.244 e. The fourth-order valence-electron chi connectivity index (χ4n) is 2.38. The first-order chi connectivity index (χ1) is 11.9. The van der Waals surface area contributed by atoms with Gasteiger partial charge in [-0.2, -0.15) is 0 Å². The Kier molecular flexibility index (Phi) is 6.42. The Morgan fingerprint density at radius 3 is 2.60 bits per heavy atom. The Morgan fingerprint density at radius 1 is 1.20 bits per heavy atom. The molecule has 1 N–H and O–H groups in total. The van der Waals surface area contributed by atoms with E-state index < -0.39 is 0 Å². The Balaban J connectivity index is 1.97. The van der Waals surface area contributed by atoms with Crippen LogP contribution >= 0.6 is 11.6 Å². The number of nitrogens with zero attached hydrogens (tertiary/aromatic N) is 1. The molecule has 0 aromatic heterocycles. The van der Waals surface area contributed by atoms with E-state index in [0.717, 1.165) is 11.1 Å². The predicted octanol–water partition coefficient (Wildman–Crippen LogP) is 3.30. The van der Waals surface area contributed by atoms with E-state index in [1.54, 1.807) is 25.2 Å². The number of methoxy groups -OCH3 is 1. The molecule has 2 amide bonds. The van der Waals surface area contributed by atoms with Crippen LogP contribution in [0.4, 0.5) is 5.69 Å². The average Bonchev–Trinajstić information content (AvgIpc) is 2.57. The van der Waals surface area contributed by atoms with Gasteiger partial charge < -0.3 is 15.0 Å². The van der Waals surface area contributed by atoms with E-state index in [0.29, 0.717) is 16.5 Å². The molecular formula is C19H21ClN2O3. The summed E-state index contributed by atoms with van der Waals surface area (Å²) in [6.07, 6.45) is 0.261. The third kappa shape index (κ3) is 5.22. The first kappa shape index (κ1) is 18.8. The average molecular weight is 361 g/mol. The molecule has 132 valence electrons. The van der Waals surface area contributed by atoms with Gasteiger partial charge in [-0.25, -0.2) is 0 Å². The minimum atomic E-state index is -0.318. The minimum Gasteiger partial charge on any atom is -0.495 e. The van der Waals surface area contributed by atoms with Crippen molar-refractivity contribution in [1.29, 1.82) is 0 Å². The highest BCUT2D eigenvalue weighted by Gasteiger charge is 2.15. The van der Waals surface area contributed by atoms with E-state index in [-0.39, 0.29) is 24.8 Å². The standard InChI is InChI=1S/C19H21ClN2O3/c1-13-6-4-5-7-14(13)10-19(24)22(2)12-18(23)21-16-11-15(20)8-9-17(16)25-3/h4-9,11H,10,12H2,1-3H3,(H,21,23). The van der Waals surface area contributed by atoms with Gasteiger partial charge in [0.25, 0.3) is 0 Å². The molecule has 2 rings (SSSR count). The molecule has 0 aliphatic heterocycles. The predicted molar refractivity (Wildman–Crippen MR) is 99.2 cm³/mol. The molecule has 5 nitrogen and oxygen atoms in total. The number of aryl methyl sites for hydroxylation is 1. The molecule has 25 heavy (non-hydrogen) atoms. The molecule has 0 heterocycles. The number of hydrogen-bond donors (Lipinski definition) is 1. The number of rotatable bonds is 6. The molecule has 0 radical (unpaired) electrons. The van der Waals surface area contributed by atoms with Crippen molar-refractivity contribution >= 4 is 29.1 Å². The fraction of sp³-hybridized carbons (Fsp3) is 0.263. The van der Waals surface area contributed by atoms with Crippen molar-refractivity contribution < 1.29 is 14.3 Å². The molecule has 0 aliphatic rings. The summed E-state index contributed by atoms with van der Waals surface area (Å²) in [6, 6.07) is 12.7. The number of ether oxygens (including phenoxy) is 1. The number of nitrogens with one attached hydrogen (secondary N) is 1. The van der Waals surface area contributed by atoms with Gasteiger partial charge in [0, 0.05) is 12.1 Å². The van der Waals surface area contributed by atoms with Crippen LogP contribution in [-0.2, 0) is 16.0 Å². The highest BCUT2D eigenvalue weighted by atomic mass is 35.5. The molecule has 2 aromatic carbocycles. The van der Waals surface area contributed by atoms with Gasteiger partial charge in [0.05, 0.1) is 25.8 Å². The maximum absolute atomic E-state index is 12.3. The van der Waals surface area contributed by atoms with E-state index >= 15 is 0 Å². The number of carbonyl (C=O) groups excluding carboxylic acids is 2. The van der Waals surface area contributed by atoms with Gasteiger partial charge in [-0.05, 0) is 36.2 Å². The topological polar surface area (TPSA) is 58.6 Å². The van der Waals surface area contributed by atoms with E-state index in [9.17, 15) is 9.59 Å². The van der Waals surface area contributed by atoms with Crippen LogP contribution in [0.5, 0.6) is 5.75 Å². The number of amides is 2. The van der Waals surface area contributed by atoms with Crippen LogP contribution in [0.15, 0.2) is 42.5 Å². The summed E-state index contributed by atoms with van der Waals surface area (Å²) in [5.74, 6) is 0.0651. The third-order valence-electron chi connectivity index (χ3n) is 3.85. The minimum absolute atomic E-state index is 0.0552. The highest BCUT2D eigenvalue weighted by molar-refractivity contribution is 6.31. The summed E-state index contributed by atoms with van der Waals surface area (Å²) >= 11 is 5.95. The van der Waals surface area contributed by atoms with Crippen LogP contribution < -0.4 is 10.1 Å². The lowest BCUT2D eigenvalue weighted by Gasteiger charge is -2.18. The fourth-order valence-corrected chi connectivity index (χ4v) is 2.55. The van der Waals surface area contributed by atoms with Gasteiger partial charge in [-0.1, -0.05) is 35.9 Å². The quantitative estimate of drug-likeness (QED) is 0.859. The lowest BCUT2D eigenvalue weighted by molar-refractivity contribution is -0.132. The molecule has 0 saturated heterocycles. The molecule has 0 aliphatic carbocycles. The van der Waals surface area contributed by atoms with Crippen LogP contribution in [0.1, 0.15) is 11.1 Å². The van der Waals surface area contributed by atoms with Crippen LogP contribution in [0.25, 0.3) is 0 Å². The van der Waals surface area contributed by atoms with Gasteiger partial charge in [0.2, 0.25) is 11.8 Å². The summed E-state index contributed by atoms with van der Waals surface area (Å²) < 4.78 is 5.19. The largest absolute Gasteiger partial charge is 0.495 e. The number of anilines is 1. The molecule has 0 fully saturated rings. The second-order valence-electron chi connectivity index (χ2n) is 5.75. The van der Waals surface area contributed by atoms with Crippen LogP contribution in [0, 0.1) is 6.92 Å². The van der Waals surface area contributed by atoms with Crippen LogP contribution in [0.2, 0.25) is 5.02 Å². The smallest absolute Gasteiger partial charge is 0.244 e. The number of likely N-dealkylation sites (N-methyl/N-ethyl adjacent to an activating group) is 1. The summed E-state index contributed by atoms with van der Waals surface area (Å²) in [5.41, 5.74) is 2.48. The Bertz CT molecular complexity index is 777. The first-order valence-electron chi connectivity index (χ1n) is 7.82. The van der Waals surface area contributed by atoms with Crippen molar-refractivity contribution in [2.24, 2.45) is 0 Å². The number of halogens is 1. The monoisotopic (exact) mass is 360 g/mol. The van der Waals surface area contributed by atoms with Crippen molar-refractivity contribution in [1.82, 2.24) is 4.90 Å². The molecule has 2 aromatic rings. The summed E-state index contributed by atoms with van der Waals surface area (Å²) in [4.78, 5) is 26.0. The number of benzene rings is 2. The van der Waals surface area contributed by atoms with Crippen molar-refractivity contribution in [3.63, 3.8) is 0 Å². The van der Waals surface area contributed by atoms with Gasteiger partial charge in [0.15, 0.2) is 0 Å². The van der Waals surface area contributed by atoms with Crippen molar-refractivity contribution in [2.45, 2.75) is 13.3 Å². The zero-order chi connectivity index (χ0) is 18.4.